The molecular weight excluding hydrogens is 268 g/mol. The molecule has 108 valence electrons. The third-order valence-electron chi connectivity index (χ3n) is 3.14. The van der Waals surface area contributed by atoms with Crippen molar-refractivity contribution < 1.29 is 13.7 Å². The van der Waals surface area contributed by atoms with E-state index in [1.165, 1.54) is 0 Å². The van der Waals surface area contributed by atoms with E-state index in [2.05, 4.69) is 10.5 Å². The van der Waals surface area contributed by atoms with Crippen LogP contribution in [0.3, 0.4) is 0 Å². The molecule has 0 aromatic carbocycles. The number of oxime groups is 1. The lowest BCUT2D eigenvalue weighted by Crippen LogP contribution is -2.33. The van der Waals surface area contributed by atoms with Crippen LogP contribution in [-0.2, 0) is 4.84 Å². The van der Waals surface area contributed by atoms with Crippen LogP contribution in [0.5, 0.6) is 0 Å². The summed E-state index contributed by atoms with van der Waals surface area (Å²) in [5, 5.41) is 7.51. The minimum atomic E-state index is 0.707. The van der Waals surface area contributed by atoms with E-state index in [9.17, 15) is 0 Å². The molecule has 1 aliphatic heterocycles. The lowest BCUT2D eigenvalue weighted by atomic mass is 9.97. The third-order valence-corrected chi connectivity index (χ3v) is 3.14. The molecule has 0 spiro atoms. The van der Waals surface area contributed by atoms with Gasteiger partial charge in [0, 0.05) is 13.1 Å². The molecule has 1 aliphatic rings. The van der Waals surface area contributed by atoms with E-state index >= 15 is 0 Å². The summed E-state index contributed by atoms with van der Waals surface area (Å²) in [4.78, 5) is 5.00. The Hall–Kier alpha value is -2.53. The van der Waals surface area contributed by atoms with Crippen LogP contribution >= 0.6 is 0 Å². The van der Waals surface area contributed by atoms with Crippen molar-refractivity contribution in [3.05, 3.63) is 59.5 Å². The van der Waals surface area contributed by atoms with E-state index in [1.807, 2.05) is 36.4 Å². The van der Waals surface area contributed by atoms with Crippen molar-refractivity contribution in [2.75, 3.05) is 20.2 Å². The summed E-state index contributed by atoms with van der Waals surface area (Å²) in [7, 11) is 1.55. The molecule has 1 saturated heterocycles. The summed E-state index contributed by atoms with van der Waals surface area (Å²) in [6.07, 6.45) is 7.21. The summed E-state index contributed by atoms with van der Waals surface area (Å²) in [5.41, 5.74) is 2.83. The molecule has 0 amide bonds. The summed E-state index contributed by atoms with van der Waals surface area (Å²) in [5.74, 6) is 1.57. The van der Waals surface area contributed by atoms with Gasteiger partial charge in [0.1, 0.15) is 24.3 Å². The molecule has 0 radical (unpaired) electrons. The van der Waals surface area contributed by atoms with Gasteiger partial charge in [0.25, 0.3) is 0 Å². The van der Waals surface area contributed by atoms with Crippen molar-refractivity contribution in [3.63, 3.8) is 0 Å². The molecule has 21 heavy (non-hydrogen) atoms. The van der Waals surface area contributed by atoms with Gasteiger partial charge in [-0.3, -0.25) is 0 Å². The highest BCUT2D eigenvalue weighted by Gasteiger charge is 2.20. The highest BCUT2D eigenvalue weighted by atomic mass is 16.6. The van der Waals surface area contributed by atoms with Gasteiger partial charge in [0.15, 0.2) is 0 Å². The smallest absolute Gasteiger partial charge is 0.127 e. The van der Waals surface area contributed by atoms with Gasteiger partial charge < -0.3 is 19.0 Å². The van der Waals surface area contributed by atoms with Crippen molar-refractivity contribution in [2.45, 2.75) is 0 Å². The molecule has 2 aromatic heterocycles. The summed E-state index contributed by atoms with van der Waals surface area (Å²) >= 11 is 0. The number of hydrogen-bond donors (Lipinski definition) is 1. The van der Waals surface area contributed by atoms with Crippen LogP contribution in [0.4, 0.5) is 0 Å². The Morgan fingerprint density at radius 1 is 1.05 bits per heavy atom. The molecule has 3 heterocycles. The molecule has 0 aliphatic carbocycles. The average molecular weight is 284 g/mol. The molecule has 5 heteroatoms. The van der Waals surface area contributed by atoms with E-state index in [4.69, 9.17) is 13.7 Å². The largest absolute Gasteiger partial charge is 0.465 e. The first-order valence-electron chi connectivity index (χ1n) is 6.67. The molecule has 0 bridgehead atoms. The summed E-state index contributed by atoms with van der Waals surface area (Å²) < 4.78 is 10.7. The quantitative estimate of drug-likeness (QED) is 0.880. The number of hydrogen-bond acceptors (Lipinski definition) is 5. The zero-order valence-corrected chi connectivity index (χ0v) is 11.7. The van der Waals surface area contributed by atoms with Crippen LogP contribution in [-0.4, -0.2) is 25.9 Å². The van der Waals surface area contributed by atoms with Crippen molar-refractivity contribution in [1.29, 1.82) is 0 Å². The predicted molar refractivity (Wildman–Crippen MR) is 80.7 cm³/mol. The second kappa shape index (κ2) is 6.28. The molecule has 5 nitrogen and oxygen atoms in total. The van der Waals surface area contributed by atoms with Gasteiger partial charge in [-0.25, -0.2) is 0 Å². The maximum atomic E-state index is 5.37. The predicted octanol–water partition coefficient (Wildman–Crippen LogP) is 2.95. The topological polar surface area (TPSA) is 59.9 Å². The van der Waals surface area contributed by atoms with E-state index in [1.54, 1.807) is 19.6 Å². The highest BCUT2D eigenvalue weighted by molar-refractivity contribution is 6.17. The zero-order valence-electron chi connectivity index (χ0n) is 11.7. The Morgan fingerprint density at radius 2 is 1.62 bits per heavy atom. The Labute approximate surface area is 122 Å². The van der Waals surface area contributed by atoms with Crippen molar-refractivity contribution >= 4 is 17.9 Å². The van der Waals surface area contributed by atoms with E-state index < -0.39 is 0 Å². The maximum absolute atomic E-state index is 5.37. The molecular formula is C16H16N2O3. The van der Waals surface area contributed by atoms with Crippen LogP contribution in [0.2, 0.25) is 0 Å². The van der Waals surface area contributed by atoms with Crippen LogP contribution in [0, 0.1) is 0 Å². The van der Waals surface area contributed by atoms with E-state index in [0.29, 0.717) is 13.1 Å². The van der Waals surface area contributed by atoms with Gasteiger partial charge in [-0.2, -0.15) is 0 Å². The van der Waals surface area contributed by atoms with E-state index in [0.717, 1.165) is 28.4 Å². The second-order valence-corrected chi connectivity index (χ2v) is 4.60. The molecule has 1 N–H and O–H groups in total. The summed E-state index contributed by atoms with van der Waals surface area (Å²) in [6.45, 7) is 1.41. The van der Waals surface area contributed by atoms with Crippen LogP contribution in [0.15, 0.2) is 61.9 Å². The normalized spacial score (nSPS) is 19.2. The Balaban J connectivity index is 1.96. The van der Waals surface area contributed by atoms with Crippen molar-refractivity contribution in [1.82, 2.24) is 5.32 Å². The van der Waals surface area contributed by atoms with Crippen LogP contribution in [0.25, 0.3) is 12.2 Å². The Kier molecular flexibility index (Phi) is 4.02. The SMILES string of the molecule is CON=C1/C(=C/c2ccco2)CNC/C1=C\c1ccco1. The molecule has 0 atom stereocenters. The minimum Gasteiger partial charge on any atom is -0.465 e. The van der Waals surface area contributed by atoms with Gasteiger partial charge >= 0.3 is 0 Å². The minimum absolute atomic E-state index is 0.707. The number of furan rings is 2. The monoisotopic (exact) mass is 284 g/mol. The van der Waals surface area contributed by atoms with Gasteiger partial charge in [0.05, 0.1) is 12.5 Å². The fraction of sp³-hybridized carbons (Fsp3) is 0.188. The van der Waals surface area contributed by atoms with E-state index in [-0.39, 0.29) is 0 Å². The van der Waals surface area contributed by atoms with Gasteiger partial charge in [-0.05, 0) is 47.6 Å². The molecule has 1 fully saturated rings. The zero-order chi connectivity index (χ0) is 14.5. The number of nitrogens with zero attached hydrogens (tertiary/aromatic N) is 1. The fourth-order valence-electron chi connectivity index (χ4n) is 2.24. The third kappa shape index (κ3) is 3.14. The lowest BCUT2D eigenvalue weighted by molar-refractivity contribution is 0.213. The lowest BCUT2D eigenvalue weighted by Gasteiger charge is -2.20. The number of nitrogens with one attached hydrogen (secondary N) is 1. The fourth-order valence-corrected chi connectivity index (χ4v) is 2.24. The summed E-state index contributed by atoms with van der Waals surface area (Å²) in [6, 6.07) is 7.52. The van der Waals surface area contributed by atoms with Crippen molar-refractivity contribution in [3.8, 4) is 0 Å². The Bertz CT molecular complexity index is 610. The number of rotatable bonds is 3. The van der Waals surface area contributed by atoms with Crippen LogP contribution in [0.1, 0.15) is 11.5 Å². The Morgan fingerprint density at radius 3 is 2.05 bits per heavy atom. The first kappa shape index (κ1) is 13.5. The van der Waals surface area contributed by atoms with Crippen LogP contribution < -0.4 is 5.32 Å². The molecule has 0 saturated carbocycles. The first-order chi connectivity index (χ1) is 10.4. The maximum Gasteiger partial charge on any atom is 0.127 e. The molecule has 3 rings (SSSR count). The molecule has 0 unspecified atom stereocenters. The van der Waals surface area contributed by atoms with Gasteiger partial charge in [-0.15, -0.1) is 0 Å². The average Bonchev–Trinajstić information content (AvgIpc) is 3.16. The second-order valence-electron chi connectivity index (χ2n) is 4.60. The number of piperidine rings is 1. The van der Waals surface area contributed by atoms with Gasteiger partial charge in [0.2, 0.25) is 0 Å². The van der Waals surface area contributed by atoms with Gasteiger partial charge in [-0.1, -0.05) is 5.16 Å². The molecule has 2 aromatic rings. The standard InChI is InChI=1S/C16H16N2O3/c1-19-18-16-12(8-14-4-2-6-20-14)10-17-11-13(16)9-15-5-3-7-21-15/h2-9,17H,10-11H2,1H3/b12-8+,13-9+. The first-order valence-corrected chi connectivity index (χ1v) is 6.67. The van der Waals surface area contributed by atoms with Crippen molar-refractivity contribution in [2.24, 2.45) is 5.16 Å². The highest BCUT2D eigenvalue weighted by Crippen LogP contribution is 2.19.